The average Bonchev–Trinajstić information content (AvgIpc) is 3.30. The molecule has 1 unspecified atom stereocenters. The monoisotopic (exact) mass is 496 g/mol. The number of likely N-dealkylation sites (tertiary alicyclic amines) is 1. The van der Waals surface area contributed by atoms with Gasteiger partial charge in [-0.15, -0.1) is 0 Å². The molecular weight excluding hydrogens is 470 g/mol. The predicted octanol–water partition coefficient (Wildman–Crippen LogP) is 2.19. The molecule has 0 radical (unpaired) electrons. The maximum Gasteiger partial charge on any atom is 0.274 e. The van der Waals surface area contributed by atoms with Crippen molar-refractivity contribution in [1.82, 2.24) is 24.5 Å². The van der Waals surface area contributed by atoms with Gasteiger partial charge in [-0.05, 0) is 45.1 Å². The van der Waals surface area contributed by atoms with Crippen molar-refractivity contribution >= 4 is 22.6 Å². The topological polar surface area (TPSA) is 132 Å². The second-order valence-corrected chi connectivity index (χ2v) is 9.97. The number of benzene rings is 1. The fraction of sp³-hybridized carbons (Fsp3) is 0.458. The molecule has 188 valence electrons. The van der Waals surface area contributed by atoms with E-state index < -0.39 is 17.2 Å². The molecule has 36 heavy (non-hydrogen) atoms. The number of nitrogens with one attached hydrogen (secondary N) is 3. The molecule has 1 amide bonds. The molecule has 0 spiro atoms. The van der Waals surface area contributed by atoms with Crippen LogP contribution in [-0.2, 0) is 5.60 Å². The highest BCUT2D eigenvalue weighted by Crippen LogP contribution is 2.39. The highest BCUT2D eigenvalue weighted by Gasteiger charge is 2.39. The summed E-state index contributed by atoms with van der Waals surface area (Å²) in [5.41, 5.74) is 2.65. The second-order valence-electron chi connectivity index (χ2n) is 9.97. The minimum atomic E-state index is -0.938. The SMILES string of the molecule is C[C@H]1CC[C@@H](C2Nc3c4cc(F)cc(F)c4nc(=N)n3N2)CN1C(=O)c1cnc(C2(O)CCC2)cn1. The molecule has 10 nitrogen and oxygen atoms in total. The molecule has 2 aliphatic heterocycles. The number of piperidine rings is 1. The molecule has 0 bridgehead atoms. The van der Waals surface area contributed by atoms with E-state index in [0.29, 0.717) is 30.9 Å². The molecule has 1 aromatic carbocycles. The number of halogens is 2. The molecular formula is C24H26F2N8O2. The second kappa shape index (κ2) is 8.19. The van der Waals surface area contributed by atoms with Crippen LogP contribution in [0.25, 0.3) is 10.9 Å². The van der Waals surface area contributed by atoms with Crippen molar-refractivity contribution in [3.05, 3.63) is 53.2 Å². The Morgan fingerprint density at radius 2 is 2.03 bits per heavy atom. The smallest absolute Gasteiger partial charge is 0.274 e. The number of carbonyl (C=O) groups excluding carboxylic acids is 1. The number of rotatable bonds is 3. The van der Waals surface area contributed by atoms with Crippen LogP contribution in [-0.4, -0.2) is 54.3 Å². The Morgan fingerprint density at radius 3 is 2.72 bits per heavy atom. The van der Waals surface area contributed by atoms with E-state index in [0.717, 1.165) is 25.3 Å². The molecule has 2 fully saturated rings. The minimum Gasteiger partial charge on any atom is -0.383 e. The summed E-state index contributed by atoms with van der Waals surface area (Å²) in [5, 5.41) is 22.2. The molecule has 4 N–H and O–H groups in total. The molecule has 6 rings (SSSR count). The van der Waals surface area contributed by atoms with Gasteiger partial charge in [-0.2, -0.15) is 0 Å². The average molecular weight is 497 g/mol. The summed E-state index contributed by atoms with van der Waals surface area (Å²) in [6.45, 7) is 2.39. The standard InChI is InChI=1S/C24H26F2N8O2/c1-12-3-4-13(11-33(12)22(35)17-9-29-18(10-28-17)24(36)5-2-6-24)20-31-21-15-7-14(25)8-16(26)19(15)30-23(27)34(21)32-20/h7-10,12-13,20,27,31-32,36H,2-6,11H2,1H3/t12-,13+,20?/m0/s1. The predicted molar refractivity (Wildman–Crippen MR) is 125 cm³/mol. The first-order chi connectivity index (χ1) is 17.2. The first-order valence-electron chi connectivity index (χ1n) is 12.1. The van der Waals surface area contributed by atoms with Crippen LogP contribution in [0.15, 0.2) is 24.5 Å². The van der Waals surface area contributed by atoms with Crippen LogP contribution in [0.3, 0.4) is 0 Å². The van der Waals surface area contributed by atoms with E-state index in [4.69, 9.17) is 5.41 Å². The van der Waals surface area contributed by atoms with Crippen molar-refractivity contribution in [2.75, 3.05) is 17.3 Å². The van der Waals surface area contributed by atoms with Crippen molar-refractivity contribution in [3.8, 4) is 0 Å². The lowest BCUT2D eigenvalue weighted by molar-refractivity contribution is -0.0430. The summed E-state index contributed by atoms with van der Waals surface area (Å²) in [6, 6.07) is 1.93. The molecule has 3 aromatic rings. The van der Waals surface area contributed by atoms with E-state index in [-0.39, 0.29) is 46.2 Å². The first-order valence-corrected chi connectivity index (χ1v) is 12.1. The Labute approximate surface area is 204 Å². The van der Waals surface area contributed by atoms with Crippen molar-refractivity contribution in [2.45, 2.75) is 56.8 Å². The number of aromatic nitrogens is 4. The van der Waals surface area contributed by atoms with Gasteiger partial charge in [-0.3, -0.25) is 20.6 Å². The maximum absolute atomic E-state index is 14.3. The number of hydrogen-bond donors (Lipinski definition) is 4. The number of anilines is 1. The molecule has 12 heteroatoms. The van der Waals surface area contributed by atoms with Gasteiger partial charge in [-0.1, -0.05) is 0 Å². The van der Waals surface area contributed by atoms with Crippen molar-refractivity contribution in [3.63, 3.8) is 0 Å². The number of carbonyl (C=O) groups is 1. The number of nitrogens with zero attached hydrogens (tertiary/aromatic N) is 5. The molecule has 4 heterocycles. The van der Waals surface area contributed by atoms with Crippen LogP contribution in [0.4, 0.5) is 14.6 Å². The highest BCUT2D eigenvalue weighted by molar-refractivity contribution is 5.92. The van der Waals surface area contributed by atoms with Gasteiger partial charge in [0, 0.05) is 30.0 Å². The number of amides is 1. The molecule has 3 aliphatic rings. The summed E-state index contributed by atoms with van der Waals surface area (Å²) in [6.07, 6.45) is 6.30. The largest absolute Gasteiger partial charge is 0.383 e. The third kappa shape index (κ3) is 3.58. The normalized spacial score (nSPS) is 24.6. The fourth-order valence-electron chi connectivity index (χ4n) is 5.34. The van der Waals surface area contributed by atoms with E-state index in [1.807, 2.05) is 6.92 Å². The maximum atomic E-state index is 14.3. The third-order valence-corrected chi connectivity index (χ3v) is 7.68. The molecule has 3 atom stereocenters. The van der Waals surface area contributed by atoms with Gasteiger partial charge >= 0.3 is 0 Å². The van der Waals surface area contributed by atoms with Gasteiger partial charge in [0.05, 0.1) is 18.1 Å². The highest BCUT2D eigenvalue weighted by atomic mass is 19.1. The Balaban J connectivity index is 1.23. The summed E-state index contributed by atoms with van der Waals surface area (Å²) in [5.74, 6) is -1.49. The van der Waals surface area contributed by atoms with Crippen molar-refractivity contribution in [2.24, 2.45) is 5.92 Å². The van der Waals surface area contributed by atoms with Crippen LogP contribution >= 0.6 is 0 Å². The van der Waals surface area contributed by atoms with Gasteiger partial charge in [0.2, 0.25) is 5.62 Å². The number of aliphatic hydroxyl groups is 1. The van der Waals surface area contributed by atoms with E-state index in [1.165, 1.54) is 23.1 Å². The number of fused-ring (bicyclic) bond motifs is 3. The lowest BCUT2D eigenvalue weighted by atomic mass is 9.78. The first kappa shape index (κ1) is 22.8. The number of hydrogen-bond acceptors (Lipinski definition) is 8. The zero-order valence-corrected chi connectivity index (χ0v) is 19.6. The van der Waals surface area contributed by atoms with Crippen molar-refractivity contribution in [1.29, 1.82) is 5.41 Å². The van der Waals surface area contributed by atoms with Gasteiger partial charge in [0.15, 0.2) is 5.82 Å². The van der Waals surface area contributed by atoms with Crippen LogP contribution in [0.5, 0.6) is 0 Å². The third-order valence-electron chi connectivity index (χ3n) is 7.68. The Hall–Kier alpha value is -3.67. The van der Waals surface area contributed by atoms with Gasteiger partial charge in [-0.25, -0.2) is 23.4 Å². The fourth-order valence-corrected chi connectivity index (χ4v) is 5.34. The summed E-state index contributed by atoms with van der Waals surface area (Å²) in [4.78, 5) is 27.7. The zero-order chi connectivity index (χ0) is 25.2. The lowest BCUT2D eigenvalue weighted by Crippen LogP contribution is -2.51. The quantitative estimate of drug-likeness (QED) is 0.437. The summed E-state index contributed by atoms with van der Waals surface area (Å²) < 4.78 is 29.6. The Kier molecular flexibility index (Phi) is 5.18. The van der Waals surface area contributed by atoms with Gasteiger partial charge < -0.3 is 15.3 Å². The van der Waals surface area contributed by atoms with Gasteiger partial charge in [0.1, 0.15) is 34.6 Å². The Morgan fingerprint density at radius 1 is 1.22 bits per heavy atom. The van der Waals surface area contributed by atoms with E-state index in [1.54, 1.807) is 4.90 Å². The summed E-state index contributed by atoms with van der Waals surface area (Å²) in [7, 11) is 0. The lowest BCUT2D eigenvalue weighted by Gasteiger charge is -2.40. The van der Waals surface area contributed by atoms with Crippen molar-refractivity contribution < 1.29 is 18.7 Å². The van der Waals surface area contributed by atoms with Crippen LogP contribution in [0.2, 0.25) is 0 Å². The molecule has 1 aliphatic carbocycles. The Bertz CT molecular complexity index is 1420. The molecule has 1 saturated carbocycles. The zero-order valence-electron chi connectivity index (χ0n) is 19.6. The molecule has 2 aromatic heterocycles. The molecule has 1 saturated heterocycles. The summed E-state index contributed by atoms with van der Waals surface area (Å²) >= 11 is 0. The van der Waals surface area contributed by atoms with E-state index >= 15 is 0 Å². The minimum absolute atomic E-state index is 0.0140. The van der Waals surface area contributed by atoms with Crippen LogP contribution in [0, 0.1) is 23.0 Å². The van der Waals surface area contributed by atoms with E-state index in [2.05, 4.69) is 25.7 Å². The van der Waals surface area contributed by atoms with Gasteiger partial charge in [0.25, 0.3) is 5.91 Å². The van der Waals surface area contributed by atoms with Crippen LogP contribution < -0.4 is 16.4 Å². The van der Waals surface area contributed by atoms with Crippen LogP contribution in [0.1, 0.15) is 55.2 Å². The van der Waals surface area contributed by atoms with E-state index in [9.17, 15) is 18.7 Å².